The van der Waals surface area contributed by atoms with Crippen LogP contribution in [0, 0.1) is 0 Å². The van der Waals surface area contributed by atoms with Crippen molar-refractivity contribution >= 4 is 16.8 Å². The topological polar surface area (TPSA) is 61.3 Å². The first-order valence-electron chi connectivity index (χ1n) is 5.79. The van der Waals surface area contributed by atoms with Crippen LogP contribution in [0.4, 0.5) is 0 Å². The van der Waals surface area contributed by atoms with Gasteiger partial charge in [-0.25, -0.2) is 4.98 Å². The van der Waals surface area contributed by atoms with Crippen LogP contribution in [0.1, 0.15) is 11.3 Å². The highest BCUT2D eigenvalue weighted by Crippen LogP contribution is 2.29. The molecule has 92 valence electrons. The summed E-state index contributed by atoms with van der Waals surface area (Å²) < 4.78 is 0. The second-order valence-corrected chi connectivity index (χ2v) is 5.21. The Balaban J connectivity index is 1.78. The van der Waals surface area contributed by atoms with Crippen molar-refractivity contribution < 1.29 is 5.11 Å². The minimum atomic E-state index is 0.255. The quantitative estimate of drug-likeness (QED) is 0.888. The summed E-state index contributed by atoms with van der Waals surface area (Å²) in [5, 5.41) is 10.7. The third kappa shape index (κ3) is 2.26. The molecule has 0 saturated heterocycles. The van der Waals surface area contributed by atoms with Gasteiger partial charge in [0, 0.05) is 29.6 Å². The highest BCUT2D eigenvalue weighted by molar-refractivity contribution is 8.14. The van der Waals surface area contributed by atoms with E-state index >= 15 is 0 Å². The lowest BCUT2D eigenvalue weighted by atomic mass is 10.2. The average molecular weight is 259 g/mol. The van der Waals surface area contributed by atoms with Crippen LogP contribution in [0.15, 0.2) is 41.8 Å². The molecule has 1 aromatic carbocycles. The fraction of sp³-hybridized carbons (Fsp3) is 0.231. The Kier molecular flexibility index (Phi) is 3.06. The molecule has 0 bridgehead atoms. The molecule has 5 heteroatoms. The van der Waals surface area contributed by atoms with Crippen molar-refractivity contribution in [2.75, 3.05) is 5.75 Å². The molecule has 0 spiro atoms. The summed E-state index contributed by atoms with van der Waals surface area (Å²) in [4.78, 5) is 11.8. The number of H-pyrrole nitrogens is 1. The number of aromatic hydroxyl groups is 1. The number of phenols is 1. The summed E-state index contributed by atoms with van der Waals surface area (Å²) >= 11 is 1.70. The van der Waals surface area contributed by atoms with Gasteiger partial charge in [-0.05, 0) is 12.1 Å². The van der Waals surface area contributed by atoms with Gasteiger partial charge < -0.3 is 10.1 Å². The van der Waals surface area contributed by atoms with E-state index in [0.717, 1.165) is 28.5 Å². The summed E-state index contributed by atoms with van der Waals surface area (Å²) in [6.07, 6.45) is 4.38. The lowest BCUT2D eigenvalue weighted by molar-refractivity contribution is 0.474. The summed E-state index contributed by atoms with van der Waals surface area (Å²) in [6, 6.07) is 7.59. The van der Waals surface area contributed by atoms with E-state index in [1.807, 2.05) is 24.4 Å². The molecule has 1 aliphatic heterocycles. The number of nitrogens with one attached hydrogen (secondary N) is 1. The molecule has 1 aliphatic rings. The zero-order valence-electron chi connectivity index (χ0n) is 9.71. The van der Waals surface area contributed by atoms with Crippen molar-refractivity contribution in [1.29, 1.82) is 0 Å². The fourth-order valence-electron chi connectivity index (χ4n) is 1.97. The average Bonchev–Trinajstić information content (AvgIpc) is 3.02. The Morgan fingerprint density at radius 2 is 2.28 bits per heavy atom. The summed E-state index contributed by atoms with van der Waals surface area (Å²) in [5.74, 6) is 1.24. The Hall–Kier alpha value is -1.75. The molecule has 2 heterocycles. The van der Waals surface area contributed by atoms with Crippen molar-refractivity contribution in [2.24, 2.45) is 4.99 Å². The Morgan fingerprint density at radius 1 is 1.39 bits per heavy atom. The van der Waals surface area contributed by atoms with E-state index in [1.54, 1.807) is 24.2 Å². The van der Waals surface area contributed by atoms with Gasteiger partial charge >= 0.3 is 0 Å². The van der Waals surface area contributed by atoms with Crippen molar-refractivity contribution in [1.82, 2.24) is 9.97 Å². The zero-order valence-corrected chi connectivity index (χ0v) is 10.5. The largest absolute Gasteiger partial charge is 0.507 e. The van der Waals surface area contributed by atoms with E-state index in [1.165, 1.54) is 0 Å². The minimum Gasteiger partial charge on any atom is -0.507 e. The second kappa shape index (κ2) is 4.86. The van der Waals surface area contributed by atoms with Gasteiger partial charge in [0.1, 0.15) is 10.8 Å². The first-order valence-corrected chi connectivity index (χ1v) is 6.77. The van der Waals surface area contributed by atoms with Crippen LogP contribution in [0.5, 0.6) is 5.75 Å². The number of aliphatic imine (C=N–C) groups is 1. The molecule has 18 heavy (non-hydrogen) atoms. The Labute approximate surface area is 109 Å². The van der Waals surface area contributed by atoms with Crippen LogP contribution in [-0.4, -0.2) is 31.9 Å². The standard InChI is InChI=1S/C13H13N3OS/c17-12-4-2-1-3-11(12)13-16-10(7-18-13)5-9-6-14-8-15-9/h1-4,6,8,10,17H,5,7H2,(H,14,15). The Morgan fingerprint density at radius 3 is 3.06 bits per heavy atom. The third-order valence-corrected chi connectivity index (χ3v) is 4.01. The molecule has 4 nitrogen and oxygen atoms in total. The lowest BCUT2D eigenvalue weighted by Gasteiger charge is -2.02. The van der Waals surface area contributed by atoms with Crippen LogP contribution in [0.25, 0.3) is 0 Å². The molecule has 0 fully saturated rings. The first-order chi connectivity index (χ1) is 8.83. The van der Waals surface area contributed by atoms with Gasteiger partial charge in [0.25, 0.3) is 0 Å². The molecule has 1 unspecified atom stereocenters. The predicted molar refractivity (Wildman–Crippen MR) is 73.2 cm³/mol. The first kappa shape index (κ1) is 11.3. The molecular formula is C13H13N3OS. The molecule has 3 rings (SSSR count). The van der Waals surface area contributed by atoms with Gasteiger partial charge in [0.05, 0.1) is 12.4 Å². The van der Waals surface area contributed by atoms with Gasteiger partial charge in [0.15, 0.2) is 0 Å². The number of nitrogens with zero attached hydrogens (tertiary/aromatic N) is 2. The number of hydrogen-bond acceptors (Lipinski definition) is 4. The highest BCUT2D eigenvalue weighted by atomic mass is 32.2. The van der Waals surface area contributed by atoms with Crippen LogP contribution in [0.3, 0.4) is 0 Å². The molecule has 2 N–H and O–H groups in total. The fourth-order valence-corrected chi connectivity index (χ4v) is 3.07. The molecule has 2 aromatic rings. The molecule has 0 aliphatic carbocycles. The maximum atomic E-state index is 9.80. The molecule has 1 atom stereocenters. The monoisotopic (exact) mass is 259 g/mol. The smallest absolute Gasteiger partial charge is 0.125 e. The number of rotatable bonds is 3. The highest BCUT2D eigenvalue weighted by Gasteiger charge is 2.21. The summed E-state index contributed by atoms with van der Waals surface area (Å²) in [5.41, 5.74) is 1.93. The van der Waals surface area contributed by atoms with Gasteiger partial charge in [0.2, 0.25) is 0 Å². The normalized spacial score (nSPS) is 18.9. The minimum absolute atomic E-state index is 0.255. The number of aromatic amines is 1. The van der Waals surface area contributed by atoms with Gasteiger partial charge in [-0.2, -0.15) is 0 Å². The number of aromatic nitrogens is 2. The third-order valence-electron chi connectivity index (χ3n) is 2.86. The van der Waals surface area contributed by atoms with E-state index in [9.17, 15) is 5.11 Å². The Bertz CT molecular complexity index is 565. The van der Waals surface area contributed by atoms with E-state index in [4.69, 9.17) is 0 Å². The van der Waals surface area contributed by atoms with E-state index < -0.39 is 0 Å². The SMILES string of the molecule is Oc1ccccc1C1=NC(Cc2cnc[nH]2)CS1. The predicted octanol–water partition coefficient (Wildman–Crippen LogP) is 2.22. The van der Waals surface area contributed by atoms with E-state index in [-0.39, 0.29) is 6.04 Å². The number of para-hydroxylation sites is 1. The molecular weight excluding hydrogens is 246 g/mol. The number of phenolic OH excluding ortho intramolecular Hbond substituents is 1. The molecule has 0 radical (unpaired) electrons. The van der Waals surface area contributed by atoms with Crippen LogP contribution >= 0.6 is 11.8 Å². The summed E-state index contributed by atoms with van der Waals surface area (Å²) in [6.45, 7) is 0. The van der Waals surface area contributed by atoms with Crippen LogP contribution < -0.4 is 0 Å². The molecule has 0 saturated carbocycles. The van der Waals surface area contributed by atoms with Crippen molar-refractivity contribution in [3.63, 3.8) is 0 Å². The number of imidazole rings is 1. The van der Waals surface area contributed by atoms with Gasteiger partial charge in [-0.1, -0.05) is 12.1 Å². The number of hydrogen-bond donors (Lipinski definition) is 2. The maximum absolute atomic E-state index is 9.80. The van der Waals surface area contributed by atoms with Gasteiger partial charge in [-0.15, -0.1) is 11.8 Å². The second-order valence-electron chi connectivity index (χ2n) is 4.20. The molecule has 0 amide bonds. The van der Waals surface area contributed by atoms with Crippen molar-refractivity contribution in [3.05, 3.63) is 48.0 Å². The zero-order chi connectivity index (χ0) is 12.4. The number of benzene rings is 1. The lowest BCUT2D eigenvalue weighted by Crippen LogP contribution is -2.07. The van der Waals surface area contributed by atoms with E-state index in [2.05, 4.69) is 15.0 Å². The van der Waals surface area contributed by atoms with Crippen LogP contribution in [0.2, 0.25) is 0 Å². The number of thioether (sulfide) groups is 1. The van der Waals surface area contributed by atoms with Crippen molar-refractivity contribution in [3.8, 4) is 5.75 Å². The maximum Gasteiger partial charge on any atom is 0.125 e. The molecule has 1 aromatic heterocycles. The van der Waals surface area contributed by atoms with E-state index in [0.29, 0.717) is 5.75 Å². The summed E-state index contributed by atoms with van der Waals surface area (Å²) in [7, 11) is 0. The van der Waals surface area contributed by atoms with Crippen LogP contribution in [-0.2, 0) is 6.42 Å². The van der Waals surface area contributed by atoms with Crippen molar-refractivity contribution in [2.45, 2.75) is 12.5 Å². The van der Waals surface area contributed by atoms with Gasteiger partial charge in [-0.3, -0.25) is 4.99 Å².